The lowest BCUT2D eigenvalue weighted by atomic mass is 9.84. The molecule has 0 spiro atoms. The van der Waals surface area contributed by atoms with Crippen molar-refractivity contribution >= 4 is 11.8 Å². The van der Waals surface area contributed by atoms with E-state index in [9.17, 15) is 9.59 Å². The first-order valence-corrected chi connectivity index (χ1v) is 8.29. The Bertz CT molecular complexity index is 589. The quantitative estimate of drug-likeness (QED) is 0.905. The van der Waals surface area contributed by atoms with E-state index >= 15 is 0 Å². The summed E-state index contributed by atoms with van der Waals surface area (Å²) >= 11 is 0. The molecule has 6 heteroatoms. The van der Waals surface area contributed by atoms with Gasteiger partial charge in [0.1, 0.15) is 6.04 Å². The van der Waals surface area contributed by atoms with Crippen molar-refractivity contribution in [1.82, 2.24) is 19.8 Å². The number of nitrogens with zero attached hydrogens (tertiary/aromatic N) is 3. The highest BCUT2D eigenvalue weighted by atomic mass is 16.2. The summed E-state index contributed by atoms with van der Waals surface area (Å²) in [5, 5.41) is 3.04. The van der Waals surface area contributed by atoms with Crippen molar-refractivity contribution in [3.8, 4) is 0 Å². The zero-order chi connectivity index (χ0) is 15.1. The molecule has 1 aromatic rings. The van der Waals surface area contributed by atoms with Gasteiger partial charge in [0.2, 0.25) is 11.8 Å². The van der Waals surface area contributed by atoms with Crippen molar-refractivity contribution in [2.24, 2.45) is 11.8 Å². The van der Waals surface area contributed by atoms with E-state index in [1.807, 2.05) is 9.47 Å². The summed E-state index contributed by atoms with van der Waals surface area (Å²) in [7, 11) is 0. The summed E-state index contributed by atoms with van der Waals surface area (Å²) in [5.41, 5.74) is 0.950. The molecule has 118 valence electrons. The molecule has 2 heterocycles. The molecule has 2 aliphatic carbocycles. The average molecular weight is 302 g/mol. The van der Waals surface area contributed by atoms with Gasteiger partial charge in [-0.25, -0.2) is 4.98 Å². The normalized spacial score (nSPS) is 24.5. The maximum Gasteiger partial charge on any atom is 0.244 e. The number of carbonyl (C=O) groups excluding carboxylic acids is 2. The predicted molar refractivity (Wildman–Crippen MR) is 79.8 cm³/mol. The van der Waals surface area contributed by atoms with Gasteiger partial charge in [0.15, 0.2) is 0 Å². The lowest BCUT2D eigenvalue weighted by Gasteiger charge is -2.37. The van der Waals surface area contributed by atoms with Crippen LogP contribution in [-0.2, 0) is 16.1 Å². The molecule has 2 saturated carbocycles. The number of amides is 2. The highest BCUT2D eigenvalue weighted by molar-refractivity contribution is 5.84. The van der Waals surface area contributed by atoms with Gasteiger partial charge in [-0.05, 0) is 31.6 Å². The maximum atomic E-state index is 12.5. The molecule has 0 radical (unpaired) electrons. The number of nitrogens with one attached hydrogen (secondary N) is 1. The Morgan fingerprint density at radius 1 is 1.27 bits per heavy atom. The second-order valence-electron chi connectivity index (χ2n) is 6.84. The maximum absolute atomic E-state index is 12.5. The van der Waals surface area contributed by atoms with E-state index in [-0.39, 0.29) is 23.8 Å². The van der Waals surface area contributed by atoms with Crippen LogP contribution in [0.1, 0.15) is 43.8 Å². The highest BCUT2D eigenvalue weighted by Gasteiger charge is 2.36. The third kappa shape index (κ3) is 2.51. The van der Waals surface area contributed by atoms with E-state index in [1.54, 1.807) is 12.5 Å². The molecule has 0 unspecified atom stereocenters. The van der Waals surface area contributed by atoms with Gasteiger partial charge >= 0.3 is 0 Å². The van der Waals surface area contributed by atoms with Crippen LogP contribution in [0.5, 0.6) is 0 Å². The average Bonchev–Trinajstić information content (AvgIpc) is 3.17. The molecule has 6 nitrogen and oxygen atoms in total. The molecule has 2 amide bonds. The first-order valence-electron chi connectivity index (χ1n) is 8.29. The van der Waals surface area contributed by atoms with E-state index in [0.29, 0.717) is 19.0 Å². The summed E-state index contributed by atoms with van der Waals surface area (Å²) in [6, 6.07) is -0.339. The molecule has 1 aromatic heterocycles. The van der Waals surface area contributed by atoms with Gasteiger partial charge in [-0.3, -0.25) is 9.59 Å². The summed E-state index contributed by atoms with van der Waals surface area (Å²) in [5.74, 6) is 1.04. The Labute approximate surface area is 129 Å². The van der Waals surface area contributed by atoms with E-state index in [4.69, 9.17) is 0 Å². The second-order valence-corrected chi connectivity index (χ2v) is 6.84. The van der Waals surface area contributed by atoms with Crippen molar-refractivity contribution in [2.75, 3.05) is 13.1 Å². The van der Waals surface area contributed by atoms with Crippen LogP contribution in [0.3, 0.4) is 0 Å². The van der Waals surface area contributed by atoms with Crippen LogP contribution in [0.15, 0.2) is 12.5 Å². The second kappa shape index (κ2) is 5.41. The lowest BCUT2D eigenvalue weighted by Crippen LogP contribution is -2.49. The summed E-state index contributed by atoms with van der Waals surface area (Å²) < 4.78 is 1.92. The van der Waals surface area contributed by atoms with Gasteiger partial charge in [0.25, 0.3) is 0 Å². The Morgan fingerprint density at radius 2 is 2.09 bits per heavy atom. The van der Waals surface area contributed by atoms with Crippen molar-refractivity contribution in [2.45, 2.75) is 44.7 Å². The Morgan fingerprint density at radius 3 is 2.77 bits per heavy atom. The van der Waals surface area contributed by atoms with Crippen LogP contribution in [0.2, 0.25) is 0 Å². The molecule has 0 bridgehead atoms. The zero-order valence-corrected chi connectivity index (χ0v) is 12.7. The molecule has 2 fully saturated rings. The third-order valence-corrected chi connectivity index (χ3v) is 5.16. The molecule has 0 saturated heterocycles. The van der Waals surface area contributed by atoms with Crippen LogP contribution in [0, 0.1) is 11.8 Å². The van der Waals surface area contributed by atoms with E-state index < -0.39 is 0 Å². The largest absolute Gasteiger partial charge is 0.354 e. The number of carbonyl (C=O) groups is 2. The van der Waals surface area contributed by atoms with Gasteiger partial charge in [0, 0.05) is 18.7 Å². The molecule has 4 rings (SSSR count). The molecule has 0 aromatic carbocycles. The fraction of sp³-hybridized carbons (Fsp3) is 0.688. The standard InChI is InChI=1S/C16H22N4O2/c21-15(18-6-11-4-5-11)14-9-19(16(22)12-2-1-3-12)8-13-7-17-10-20(13)14/h7,10-12,14H,1-6,8-9H2,(H,18,21)/t14-/m1/s1. The van der Waals surface area contributed by atoms with Gasteiger partial charge in [-0.2, -0.15) is 0 Å². The molecule has 22 heavy (non-hydrogen) atoms. The van der Waals surface area contributed by atoms with Gasteiger partial charge < -0.3 is 14.8 Å². The molecular formula is C16H22N4O2. The SMILES string of the molecule is O=C(NCC1CC1)[C@H]1CN(C(=O)C2CCC2)Cc2cncn21. The number of hydrogen-bond acceptors (Lipinski definition) is 3. The molecule has 1 aliphatic heterocycles. The van der Waals surface area contributed by atoms with E-state index in [0.717, 1.165) is 31.5 Å². The Hall–Kier alpha value is -1.85. The van der Waals surface area contributed by atoms with Crippen LogP contribution in [-0.4, -0.2) is 39.4 Å². The fourth-order valence-corrected chi connectivity index (χ4v) is 3.27. The monoisotopic (exact) mass is 302 g/mol. The highest BCUT2D eigenvalue weighted by Crippen LogP contribution is 2.31. The first-order chi connectivity index (χ1) is 10.7. The number of imidazole rings is 1. The van der Waals surface area contributed by atoms with Crippen LogP contribution in [0.4, 0.5) is 0 Å². The smallest absolute Gasteiger partial charge is 0.244 e. The van der Waals surface area contributed by atoms with E-state index in [2.05, 4.69) is 10.3 Å². The van der Waals surface area contributed by atoms with E-state index in [1.165, 1.54) is 12.8 Å². The molecule has 3 aliphatic rings. The third-order valence-electron chi connectivity index (χ3n) is 5.16. The van der Waals surface area contributed by atoms with Gasteiger partial charge in [-0.15, -0.1) is 0 Å². The van der Waals surface area contributed by atoms with Crippen molar-refractivity contribution in [3.63, 3.8) is 0 Å². The Balaban J connectivity index is 1.49. The van der Waals surface area contributed by atoms with Gasteiger partial charge in [0.05, 0.1) is 25.1 Å². The number of hydrogen-bond donors (Lipinski definition) is 1. The molecular weight excluding hydrogens is 280 g/mol. The first kappa shape index (κ1) is 13.8. The minimum Gasteiger partial charge on any atom is -0.354 e. The van der Waals surface area contributed by atoms with Gasteiger partial charge in [-0.1, -0.05) is 6.42 Å². The zero-order valence-electron chi connectivity index (χ0n) is 12.7. The van der Waals surface area contributed by atoms with Crippen LogP contribution < -0.4 is 5.32 Å². The summed E-state index contributed by atoms with van der Waals surface area (Å²) in [6.07, 6.45) is 9.04. The fourth-order valence-electron chi connectivity index (χ4n) is 3.27. The number of aromatic nitrogens is 2. The summed E-state index contributed by atoms with van der Waals surface area (Å²) in [6.45, 7) is 1.80. The number of rotatable bonds is 4. The van der Waals surface area contributed by atoms with Crippen molar-refractivity contribution < 1.29 is 9.59 Å². The minimum atomic E-state index is -0.339. The minimum absolute atomic E-state index is 0.0114. The lowest BCUT2D eigenvalue weighted by molar-refractivity contribution is -0.141. The molecule has 1 atom stereocenters. The van der Waals surface area contributed by atoms with Crippen molar-refractivity contribution in [1.29, 1.82) is 0 Å². The number of fused-ring (bicyclic) bond motifs is 1. The summed E-state index contributed by atoms with van der Waals surface area (Å²) in [4.78, 5) is 31.0. The van der Waals surface area contributed by atoms with Crippen molar-refractivity contribution in [3.05, 3.63) is 18.2 Å². The van der Waals surface area contributed by atoms with Crippen LogP contribution >= 0.6 is 0 Å². The van der Waals surface area contributed by atoms with Crippen LogP contribution in [0.25, 0.3) is 0 Å². The topological polar surface area (TPSA) is 67.2 Å². The predicted octanol–water partition coefficient (Wildman–Crippen LogP) is 1.09. The molecule has 1 N–H and O–H groups in total. The Kier molecular flexibility index (Phi) is 3.39.